The molecule has 0 bridgehead atoms. The molecular formula is C17H25FN2. The van der Waals surface area contributed by atoms with Crippen molar-refractivity contribution in [3.8, 4) is 0 Å². The van der Waals surface area contributed by atoms with Gasteiger partial charge in [-0.2, -0.15) is 0 Å². The molecule has 1 N–H and O–H groups in total. The van der Waals surface area contributed by atoms with Crippen LogP contribution in [0.25, 0.3) is 10.9 Å². The van der Waals surface area contributed by atoms with Crippen molar-refractivity contribution in [1.29, 1.82) is 0 Å². The third-order valence-corrected chi connectivity index (χ3v) is 3.76. The van der Waals surface area contributed by atoms with Gasteiger partial charge in [-0.1, -0.05) is 13.8 Å². The highest BCUT2D eigenvalue weighted by molar-refractivity contribution is 5.80. The van der Waals surface area contributed by atoms with Crippen molar-refractivity contribution >= 4 is 10.9 Å². The molecule has 1 atom stereocenters. The Hall–Kier alpha value is -1.35. The number of nitrogens with one attached hydrogen (secondary N) is 1. The summed E-state index contributed by atoms with van der Waals surface area (Å²) in [4.78, 5) is 0. The average Bonchev–Trinajstić information content (AvgIpc) is 2.79. The van der Waals surface area contributed by atoms with Crippen molar-refractivity contribution in [2.45, 2.75) is 46.2 Å². The highest BCUT2D eigenvalue weighted by atomic mass is 19.1. The summed E-state index contributed by atoms with van der Waals surface area (Å²) in [7, 11) is 0. The maximum atomic E-state index is 13.1. The van der Waals surface area contributed by atoms with Gasteiger partial charge < -0.3 is 9.88 Å². The Labute approximate surface area is 121 Å². The molecule has 1 unspecified atom stereocenters. The van der Waals surface area contributed by atoms with E-state index in [0.29, 0.717) is 6.04 Å². The van der Waals surface area contributed by atoms with Gasteiger partial charge in [-0.05, 0) is 49.9 Å². The molecule has 2 aromatic rings. The smallest absolute Gasteiger partial charge is 0.123 e. The summed E-state index contributed by atoms with van der Waals surface area (Å²) in [5.41, 5.74) is 1.10. The van der Waals surface area contributed by atoms with Crippen LogP contribution in [0.3, 0.4) is 0 Å². The summed E-state index contributed by atoms with van der Waals surface area (Å²) in [5, 5.41) is 4.53. The molecule has 20 heavy (non-hydrogen) atoms. The van der Waals surface area contributed by atoms with Crippen LogP contribution in [-0.2, 0) is 6.54 Å². The fourth-order valence-electron chi connectivity index (χ4n) is 2.48. The van der Waals surface area contributed by atoms with E-state index in [1.807, 2.05) is 18.3 Å². The fraction of sp³-hybridized carbons (Fsp3) is 0.529. The summed E-state index contributed by atoms with van der Waals surface area (Å²) < 4.78 is 15.3. The Morgan fingerprint density at radius 2 is 1.95 bits per heavy atom. The lowest BCUT2D eigenvalue weighted by Crippen LogP contribution is -2.29. The van der Waals surface area contributed by atoms with E-state index in [2.05, 4.69) is 30.7 Å². The molecule has 2 nitrogen and oxygen atoms in total. The molecule has 1 aromatic heterocycles. The van der Waals surface area contributed by atoms with Crippen molar-refractivity contribution in [3.05, 3.63) is 36.3 Å². The highest BCUT2D eigenvalue weighted by Crippen LogP contribution is 2.16. The monoisotopic (exact) mass is 276 g/mol. The van der Waals surface area contributed by atoms with E-state index >= 15 is 0 Å². The van der Waals surface area contributed by atoms with Crippen LogP contribution in [0.1, 0.15) is 33.6 Å². The number of hydrogen-bond donors (Lipinski definition) is 1. The van der Waals surface area contributed by atoms with Crippen molar-refractivity contribution < 1.29 is 4.39 Å². The van der Waals surface area contributed by atoms with E-state index in [1.54, 1.807) is 6.07 Å². The number of halogens is 1. The topological polar surface area (TPSA) is 17.0 Å². The quantitative estimate of drug-likeness (QED) is 0.802. The molecule has 110 valence electrons. The summed E-state index contributed by atoms with van der Waals surface area (Å²) in [6.45, 7) is 8.63. The van der Waals surface area contributed by atoms with Gasteiger partial charge in [0.25, 0.3) is 0 Å². The lowest BCUT2D eigenvalue weighted by atomic mass is 10.0. The van der Waals surface area contributed by atoms with Crippen molar-refractivity contribution in [2.75, 3.05) is 6.54 Å². The number of hydrogen-bond acceptors (Lipinski definition) is 1. The van der Waals surface area contributed by atoms with Crippen LogP contribution in [0, 0.1) is 11.7 Å². The van der Waals surface area contributed by atoms with E-state index in [9.17, 15) is 4.39 Å². The van der Waals surface area contributed by atoms with Crippen LogP contribution < -0.4 is 5.32 Å². The number of rotatable bonds is 7. The standard InChI is InChI=1S/C17H25FN2/c1-13(2)4-5-14(3)19-9-11-20-10-8-15-12-16(18)6-7-17(15)20/h6-8,10,12-14,19H,4-5,9,11H2,1-3H3. The van der Waals surface area contributed by atoms with E-state index in [4.69, 9.17) is 0 Å². The molecule has 1 heterocycles. The van der Waals surface area contributed by atoms with Crippen molar-refractivity contribution in [3.63, 3.8) is 0 Å². The summed E-state index contributed by atoms with van der Waals surface area (Å²) in [6, 6.07) is 7.49. The molecule has 0 aliphatic rings. The van der Waals surface area contributed by atoms with Gasteiger partial charge in [0, 0.05) is 36.2 Å². The largest absolute Gasteiger partial charge is 0.346 e. The Bertz CT molecular complexity index is 545. The van der Waals surface area contributed by atoms with Gasteiger partial charge in [-0.25, -0.2) is 4.39 Å². The van der Waals surface area contributed by atoms with Crippen LogP contribution in [0.4, 0.5) is 4.39 Å². The normalized spacial score (nSPS) is 13.2. The van der Waals surface area contributed by atoms with Crippen LogP contribution in [-0.4, -0.2) is 17.2 Å². The zero-order valence-electron chi connectivity index (χ0n) is 12.7. The maximum Gasteiger partial charge on any atom is 0.123 e. The number of fused-ring (bicyclic) bond motifs is 1. The Kier molecular flexibility index (Phi) is 5.18. The summed E-state index contributed by atoms with van der Waals surface area (Å²) in [6.07, 6.45) is 4.51. The molecule has 0 saturated heterocycles. The molecule has 1 aromatic carbocycles. The Morgan fingerprint density at radius 3 is 2.70 bits per heavy atom. The number of benzene rings is 1. The van der Waals surface area contributed by atoms with Gasteiger partial charge >= 0.3 is 0 Å². The third kappa shape index (κ3) is 4.07. The van der Waals surface area contributed by atoms with E-state index < -0.39 is 0 Å². The van der Waals surface area contributed by atoms with Crippen LogP contribution in [0.2, 0.25) is 0 Å². The molecule has 2 rings (SSSR count). The fourth-order valence-corrected chi connectivity index (χ4v) is 2.48. The van der Waals surface area contributed by atoms with Crippen molar-refractivity contribution in [1.82, 2.24) is 9.88 Å². The van der Waals surface area contributed by atoms with E-state index in [1.165, 1.54) is 18.9 Å². The average molecular weight is 276 g/mol. The first-order valence-corrected chi connectivity index (χ1v) is 7.54. The molecule has 0 fully saturated rings. The van der Waals surface area contributed by atoms with Gasteiger partial charge in [0.15, 0.2) is 0 Å². The van der Waals surface area contributed by atoms with Crippen molar-refractivity contribution in [2.24, 2.45) is 5.92 Å². The van der Waals surface area contributed by atoms with Gasteiger partial charge in [-0.3, -0.25) is 0 Å². The highest BCUT2D eigenvalue weighted by Gasteiger charge is 2.05. The summed E-state index contributed by atoms with van der Waals surface area (Å²) in [5.74, 6) is 0.596. The Morgan fingerprint density at radius 1 is 1.15 bits per heavy atom. The Balaban J connectivity index is 1.84. The minimum atomic E-state index is -0.171. The maximum absolute atomic E-state index is 13.1. The predicted molar refractivity (Wildman–Crippen MR) is 83.4 cm³/mol. The molecule has 0 amide bonds. The van der Waals surface area contributed by atoms with E-state index in [-0.39, 0.29) is 5.82 Å². The first-order chi connectivity index (χ1) is 9.56. The predicted octanol–water partition coefficient (Wildman–Crippen LogP) is 4.19. The van der Waals surface area contributed by atoms with E-state index in [0.717, 1.165) is 29.9 Å². The molecule has 0 saturated carbocycles. The molecule has 0 aliphatic carbocycles. The second-order valence-electron chi connectivity index (χ2n) is 6.04. The van der Waals surface area contributed by atoms with Gasteiger partial charge in [0.05, 0.1) is 0 Å². The molecule has 0 spiro atoms. The number of nitrogens with zero attached hydrogens (tertiary/aromatic N) is 1. The SMILES string of the molecule is CC(C)CCC(C)NCCn1ccc2cc(F)ccc21. The molecule has 3 heteroatoms. The van der Waals surface area contributed by atoms with Crippen LogP contribution >= 0.6 is 0 Å². The summed E-state index contributed by atoms with van der Waals surface area (Å²) >= 11 is 0. The first-order valence-electron chi connectivity index (χ1n) is 7.54. The van der Waals surface area contributed by atoms with Crippen LogP contribution in [0.5, 0.6) is 0 Å². The lowest BCUT2D eigenvalue weighted by molar-refractivity contribution is 0.443. The second kappa shape index (κ2) is 6.89. The zero-order chi connectivity index (χ0) is 14.5. The number of aromatic nitrogens is 1. The second-order valence-corrected chi connectivity index (χ2v) is 6.04. The van der Waals surface area contributed by atoms with Gasteiger partial charge in [0.1, 0.15) is 5.82 Å². The minimum Gasteiger partial charge on any atom is -0.346 e. The molecule has 0 radical (unpaired) electrons. The van der Waals surface area contributed by atoms with Gasteiger partial charge in [-0.15, -0.1) is 0 Å². The molecular weight excluding hydrogens is 251 g/mol. The van der Waals surface area contributed by atoms with Gasteiger partial charge in [0.2, 0.25) is 0 Å². The third-order valence-electron chi connectivity index (χ3n) is 3.76. The zero-order valence-corrected chi connectivity index (χ0v) is 12.7. The lowest BCUT2D eigenvalue weighted by Gasteiger charge is -2.15. The van der Waals surface area contributed by atoms with Crippen LogP contribution in [0.15, 0.2) is 30.5 Å². The molecule has 0 aliphatic heterocycles. The minimum absolute atomic E-state index is 0.171. The first kappa shape index (κ1) is 15.0.